The van der Waals surface area contributed by atoms with E-state index in [-0.39, 0.29) is 11.5 Å². The van der Waals surface area contributed by atoms with Crippen LogP contribution in [-0.4, -0.2) is 21.5 Å². The van der Waals surface area contributed by atoms with Gasteiger partial charge in [-0.2, -0.15) is 5.26 Å². The minimum atomic E-state index is -0.320. The molecule has 0 N–H and O–H groups in total. The standard InChI is InChI=1S/C18H14FN5/c19-15-5-7-16(8-6-15)24-21-17(11-20)18(22-24)23-10-9-13-3-1-2-4-14(13)12-23/h1-8H,9-10,12H2. The highest BCUT2D eigenvalue weighted by Crippen LogP contribution is 2.25. The third kappa shape index (κ3) is 2.50. The highest BCUT2D eigenvalue weighted by atomic mass is 19.1. The number of fused-ring (bicyclic) bond motifs is 1. The predicted octanol–water partition coefficient (Wildman–Crippen LogP) is 2.84. The van der Waals surface area contributed by atoms with Crippen LogP contribution in [0.1, 0.15) is 16.8 Å². The predicted molar refractivity (Wildman–Crippen MR) is 87.2 cm³/mol. The van der Waals surface area contributed by atoms with Gasteiger partial charge in [-0.3, -0.25) is 0 Å². The first-order valence-electron chi connectivity index (χ1n) is 7.70. The Labute approximate surface area is 138 Å². The summed E-state index contributed by atoms with van der Waals surface area (Å²) in [6, 6.07) is 16.3. The number of nitrogens with zero attached hydrogens (tertiary/aromatic N) is 5. The van der Waals surface area contributed by atoms with Gasteiger partial charge in [0.25, 0.3) is 0 Å². The fraction of sp³-hybridized carbons (Fsp3) is 0.167. The van der Waals surface area contributed by atoms with Gasteiger partial charge in [0.05, 0.1) is 5.69 Å². The second-order valence-electron chi connectivity index (χ2n) is 5.69. The summed E-state index contributed by atoms with van der Waals surface area (Å²) in [5, 5.41) is 18.1. The Morgan fingerprint density at radius 1 is 1.00 bits per heavy atom. The van der Waals surface area contributed by atoms with Gasteiger partial charge in [0, 0.05) is 13.1 Å². The first-order chi connectivity index (χ1) is 11.7. The second-order valence-corrected chi connectivity index (χ2v) is 5.69. The fourth-order valence-corrected chi connectivity index (χ4v) is 2.95. The molecule has 0 atom stereocenters. The molecule has 4 rings (SSSR count). The molecule has 0 fully saturated rings. The molecule has 118 valence electrons. The topological polar surface area (TPSA) is 57.7 Å². The van der Waals surface area contributed by atoms with Crippen LogP contribution in [0.5, 0.6) is 0 Å². The van der Waals surface area contributed by atoms with Crippen molar-refractivity contribution >= 4 is 5.82 Å². The lowest BCUT2D eigenvalue weighted by Gasteiger charge is -2.28. The van der Waals surface area contributed by atoms with E-state index in [1.54, 1.807) is 12.1 Å². The van der Waals surface area contributed by atoms with E-state index in [1.807, 2.05) is 12.1 Å². The second kappa shape index (κ2) is 5.78. The Hall–Kier alpha value is -3.20. The van der Waals surface area contributed by atoms with Gasteiger partial charge in [-0.05, 0) is 41.8 Å². The highest BCUT2D eigenvalue weighted by Gasteiger charge is 2.22. The molecule has 1 aromatic heterocycles. The van der Waals surface area contributed by atoms with Crippen molar-refractivity contribution in [2.45, 2.75) is 13.0 Å². The lowest BCUT2D eigenvalue weighted by atomic mass is 10.00. The largest absolute Gasteiger partial charge is 0.348 e. The zero-order valence-corrected chi connectivity index (χ0v) is 12.9. The van der Waals surface area contributed by atoms with Crippen LogP contribution < -0.4 is 4.90 Å². The number of rotatable bonds is 2. The van der Waals surface area contributed by atoms with Crippen molar-refractivity contribution in [1.29, 1.82) is 5.26 Å². The summed E-state index contributed by atoms with van der Waals surface area (Å²) in [7, 11) is 0. The molecule has 0 amide bonds. The van der Waals surface area contributed by atoms with Gasteiger partial charge in [-0.25, -0.2) is 4.39 Å². The van der Waals surface area contributed by atoms with E-state index in [4.69, 9.17) is 0 Å². The van der Waals surface area contributed by atoms with Crippen LogP contribution in [0.2, 0.25) is 0 Å². The summed E-state index contributed by atoms with van der Waals surface area (Å²) in [4.78, 5) is 3.45. The monoisotopic (exact) mass is 319 g/mol. The Morgan fingerprint density at radius 3 is 2.50 bits per heavy atom. The SMILES string of the molecule is N#Cc1nn(-c2ccc(F)cc2)nc1N1CCc2ccccc2C1. The van der Waals surface area contributed by atoms with E-state index >= 15 is 0 Å². The van der Waals surface area contributed by atoms with Crippen molar-refractivity contribution in [2.24, 2.45) is 0 Å². The van der Waals surface area contributed by atoms with Crippen molar-refractivity contribution < 1.29 is 4.39 Å². The molecule has 1 aliphatic rings. The molecular weight excluding hydrogens is 305 g/mol. The minimum Gasteiger partial charge on any atom is -0.348 e. The van der Waals surface area contributed by atoms with E-state index in [2.05, 4.69) is 33.3 Å². The molecule has 0 spiro atoms. The third-order valence-corrected chi connectivity index (χ3v) is 4.19. The summed E-state index contributed by atoms with van der Waals surface area (Å²) in [5.41, 5.74) is 3.47. The summed E-state index contributed by atoms with van der Waals surface area (Å²) < 4.78 is 13.1. The highest BCUT2D eigenvalue weighted by molar-refractivity contribution is 5.52. The summed E-state index contributed by atoms with van der Waals surface area (Å²) in [6.45, 7) is 1.49. The number of anilines is 1. The van der Waals surface area contributed by atoms with E-state index in [0.29, 0.717) is 18.1 Å². The molecule has 24 heavy (non-hydrogen) atoms. The Kier molecular flexibility index (Phi) is 3.47. The first kappa shape index (κ1) is 14.4. The number of aromatic nitrogens is 3. The molecule has 2 heterocycles. The lowest BCUT2D eigenvalue weighted by molar-refractivity contribution is 0.625. The molecule has 6 heteroatoms. The summed E-state index contributed by atoms with van der Waals surface area (Å²) >= 11 is 0. The Bertz CT molecular complexity index is 923. The average molecular weight is 319 g/mol. The summed E-state index contributed by atoms with van der Waals surface area (Å²) in [5.74, 6) is 0.246. The van der Waals surface area contributed by atoms with Gasteiger partial charge in [0.2, 0.25) is 5.69 Å². The number of hydrogen-bond acceptors (Lipinski definition) is 4. The van der Waals surface area contributed by atoms with E-state index in [0.717, 1.165) is 13.0 Å². The minimum absolute atomic E-state index is 0.277. The number of halogens is 1. The summed E-state index contributed by atoms with van der Waals surface area (Å²) in [6.07, 6.45) is 0.907. The zero-order valence-electron chi connectivity index (χ0n) is 12.9. The molecular formula is C18H14FN5. The van der Waals surface area contributed by atoms with E-state index in [1.165, 1.54) is 28.1 Å². The Balaban J connectivity index is 1.69. The maximum Gasteiger partial charge on any atom is 0.207 e. The molecule has 1 aliphatic heterocycles. The number of benzene rings is 2. The quantitative estimate of drug-likeness (QED) is 0.729. The normalized spacial score (nSPS) is 13.4. The molecule has 0 bridgehead atoms. The maximum atomic E-state index is 13.1. The lowest BCUT2D eigenvalue weighted by Crippen LogP contribution is -2.31. The van der Waals surface area contributed by atoms with Gasteiger partial charge >= 0.3 is 0 Å². The van der Waals surface area contributed by atoms with Crippen LogP contribution in [0.3, 0.4) is 0 Å². The zero-order chi connectivity index (χ0) is 16.5. The van der Waals surface area contributed by atoms with Crippen LogP contribution in [0.25, 0.3) is 5.69 Å². The number of nitriles is 1. The van der Waals surface area contributed by atoms with Crippen LogP contribution in [-0.2, 0) is 13.0 Å². The molecule has 0 unspecified atom stereocenters. The first-order valence-corrected chi connectivity index (χ1v) is 7.70. The average Bonchev–Trinajstić information content (AvgIpc) is 3.06. The van der Waals surface area contributed by atoms with Crippen LogP contribution >= 0.6 is 0 Å². The van der Waals surface area contributed by atoms with Crippen molar-refractivity contribution in [3.05, 3.63) is 71.2 Å². The van der Waals surface area contributed by atoms with Gasteiger partial charge in [-0.1, -0.05) is 24.3 Å². The van der Waals surface area contributed by atoms with Gasteiger partial charge in [-0.15, -0.1) is 15.0 Å². The van der Waals surface area contributed by atoms with Gasteiger partial charge in [0.1, 0.15) is 11.9 Å². The molecule has 2 aromatic carbocycles. The fourth-order valence-electron chi connectivity index (χ4n) is 2.95. The van der Waals surface area contributed by atoms with E-state index in [9.17, 15) is 9.65 Å². The maximum absolute atomic E-state index is 13.1. The van der Waals surface area contributed by atoms with Crippen molar-refractivity contribution in [2.75, 3.05) is 11.4 Å². The van der Waals surface area contributed by atoms with Crippen molar-refractivity contribution in [1.82, 2.24) is 15.0 Å². The molecule has 3 aromatic rings. The molecule has 0 saturated heterocycles. The van der Waals surface area contributed by atoms with Crippen LogP contribution in [0.15, 0.2) is 48.5 Å². The van der Waals surface area contributed by atoms with Gasteiger partial charge in [0.15, 0.2) is 5.82 Å². The van der Waals surface area contributed by atoms with E-state index < -0.39 is 0 Å². The molecule has 0 saturated carbocycles. The Morgan fingerprint density at radius 2 is 1.75 bits per heavy atom. The third-order valence-electron chi connectivity index (χ3n) is 4.19. The van der Waals surface area contributed by atoms with Gasteiger partial charge < -0.3 is 4.90 Å². The van der Waals surface area contributed by atoms with Crippen LogP contribution in [0.4, 0.5) is 10.2 Å². The van der Waals surface area contributed by atoms with Crippen molar-refractivity contribution in [3.63, 3.8) is 0 Å². The smallest absolute Gasteiger partial charge is 0.207 e. The molecule has 0 aliphatic carbocycles. The van der Waals surface area contributed by atoms with Crippen LogP contribution in [0, 0.1) is 17.1 Å². The van der Waals surface area contributed by atoms with Crippen molar-refractivity contribution in [3.8, 4) is 11.8 Å². The molecule has 5 nitrogen and oxygen atoms in total. The number of hydrogen-bond donors (Lipinski definition) is 0. The molecule has 0 radical (unpaired) electrons.